The fourth-order valence-electron chi connectivity index (χ4n) is 8.75. The van der Waals surface area contributed by atoms with E-state index in [4.69, 9.17) is 5.73 Å². The third kappa shape index (κ3) is 4.52. The topological polar surface area (TPSA) is 199 Å². The minimum Gasteiger partial charge on any atom is -0.505 e. The number of hydrogen-bond acceptors (Lipinski definition) is 11. The number of nitrogens with zero attached hydrogens (tertiary/aromatic N) is 1. The number of nitrogens with one attached hydrogen (secondary N) is 2. The largest absolute Gasteiger partial charge is 0.505 e. The van der Waals surface area contributed by atoms with Crippen LogP contribution in [0.2, 0.25) is 0 Å². The highest BCUT2D eigenvalue weighted by molar-refractivity contribution is 6.32. The number of likely N-dealkylation sites (N-methyl/N-ethyl adjacent to an activating group) is 1. The Kier molecular flexibility index (Phi) is 7.20. The first-order chi connectivity index (χ1) is 19.7. The second-order valence-corrected chi connectivity index (χ2v) is 14.4. The van der Waals surface area contributed by atoms with Crippen LogP contribution in [0.4, 0.5) is 5.69 Å². The van der Waals surface area contributed by atoms with Crippen LogP contribution < -0.4 is 16.4 Å². The quantitative estimate of drug-likeness (QED) is 0.203. The Labute approximate surface area is 250 Å². The molecule has 1 aliphatic heterocycles. The van der Waals surface area contributed by atoms with Crippen LogP contribution in [0.25, 0.3) is 0 Å². The number of piperidine rings is 1. The van der Waals surface area contributed by atoms with Crippen LogP contribution in [-0.2, 0) is 19.2 Å². The predicted molar refractivity (Wildman–Crippen MR) is 155 cm³/mol. The van der Waals surface area contributed by atoms with E-state index in [2.05, 4.69) is 38.3 Å². The molecule has 4 aliphatic rings. The fourth-order valence-corrected chi connectivity index (χ4v) is 8.75. The summed E-state index contributed by atoms with van der Waals surface area (Å²) in [5.41, 5.74) is 2.54. The number of aliphatic hydroxyl groups excluding tert-OH is 1. The van der Waals surface area contributed by atoms with Gasteiger partial charge in [0.1, 0.15) is 5.75 Å². The molecule has 12 heteroatoms. The van der Waals surface area contributed by atoms with Gasteiger partial charge in [-0.05, 0) is 72.2 Å². The Morgan fingerprint density at radius 1 is 1.05 bits per heavy atom. The summed E-state index contributed by atoms with van der Waals surface area (Å²) in [4.78, 5) is 68.6. The van der Waals surface area contributed by atoms with Gasteiger partial charge in [0.25, 0.3) is 0 Å². The van der Waals surface area contributed by atoms with Crippen LogP contribution in [-0.4, -0.2) is 98.2 Å². The third-order valence-electron chi connectivity index (χ3n) is 10.0. The van der Waals surface area contributed by atoms with Crippen LogP contribution >= 0.6 is 0 Å². The smallest absolute Gasteiger partial charge is 0.235 e. The van der Waals surface area contributed by atoms with E-state index in [0.29, 0.717) is 11.3 Å². The highest BCUT2D eigenvalue weighted by Crippen LogP contribution is 2.55. The molecule has 43 heavy (non-hydrogen) atoms. The standard InChI is InChI=1S/C31H42N4O8/c1-12-14-8-9-15(33-13-10-29(2,3)34-30(4,5)11-13)22(36)17(14)23(37)18-16(12)24(38)20-21(35(6)7)25(39)19(28(32)42)27(41)31(20,43)26(18)40/h8-9,12-13,16,18-21,24,33-34,36,38,43H,10-11H2,1-7H3,(H2,32,42)/t12-,16+,18?,19?,20+,21-,24-,31-/m0/s1. The molecule has 7 N–H and O–H groups in total. The number of fused-ring (bicyclic) bond motifs is 3. The minimum absolute atomic E-state index is 0.0511. The second kappa shape index (κ2) is 9.91. The van der Waals surface area contributed by atoms with Gasteiger partial charge in [0.05, 0.1) is 35.2 Å². The molecule has 2 saturated carbocycles. The number of anilines is 1. The number of rotatable bonds is 4. The number of carbonyl (C=O) groups excluding carboxylic acids is 5. The number of carbonyl (C=O) groups is 5. The normalized spacial score (nSPS) is 37.0. The zero-order chi connectivity index (χ0) is 32.1. The van der Waals surface area contributed by atoms with Crippen molar-refractivity contribution in [3.05, 3.63) is 23.3 Å². The van der Waals surface area contributed by atoms with E-state index in [1.165, 1.54) is 19.0 Å². The molecule has 12 nitrogen and oxygen atoms in total. The molecule has 3 aliphatic carbocycles. The van der Waals surface area contributed by atoms with Crippen molar-refractivity contribution in [1.29, 1.82) is 0 Å². The number of phenols is 1. The molecule has 0 bridgehead atoms. The third-order valence-corrected chi connectivity index (χ3v) is 10.0. The number of hydrogen-bond donors (Lipinski definition) is 6. The van der Waals surface area contributed by atoms with Crippen molar-refractivity contribution in [3.8, 4) is 5.75 Å². The van der Waals surface area contributed by atoms with E-state index >= 15 is 0 Å². The van der Waals surface area contributed by atoms with Crippen LogP contribution in [0.5, 0.6) is 5.75 Å². The first kappa shape index (κ1) is 31.2. The van der Waals surface area contributed by atoms with Crippen LogP contribution in [0.15, 0.2) is 12.1 Å². The SMILES string of the molecule is C[C@H]1c2ccc(NC3CC(C)(C)NC(C)(C)C3)c(O)c2C(=O)C2C(=O)[C@]3(O)C(=O)C(C(N)=O)C(=O)[C@@H](N(C)C)[C@@H]3[C@@H](O)[C@@H]21. The van der Waals surface area contributed by atoms with E-state index < -0.39 is 76.4 Å². The van der Waals surface area contributed by atoms with Gasteiger partial charge in [-0.15, -0.1) is 0 Å². The molecule has 0 spiro atoms. The number of aromatic hydroxyl groups is 1. The highest BCUT2D eigenvalue weighted by Gasteiger charge is 2.73. The molecule has 1 amide bonds. The van der Waals surface area contributed by atoms with Crippen molar-refractivity contribution >= 4 is 34.7 Å². The maximum absolute atomic E-state index is 14.1. The van der Waals surface area contributed by atoms with Crippen LogP contribution in [0, 0.1) is 23.7 Å². The molecule has 1 aromatic carbocycles. The molecule has 8 atom stereocenters. The summed E-state index contributed by atoms with van der Waals surface area (Å²) in [6, 6.07) is 1.89. The summed E-state index contributed by atoms with van der Waals surface area (Å²) in [6.07, 6.45) is -0.195. The lowest BCUT2D eigenvalue weighted by Crippen LogP contribution is -2.77. The molecule has 5 rings (SSSR count). The van der Waals surface area contributed by atoms with Gasteiger partial charge in [0.2, 0.25) is 5.91 Å². The van der Waals surface area contributed by atoms with E-state index in [-0.39, 0.29) is 28.4 Å². The predicted octanol–water partition coefficient (Wildman–Crippen LogP) is 0.120. The molecule has 0 radical (unpaired) electrons. The van der Waals surface area contributed by atoms with Crippen molar-refractivity contribution in [3.63, 3.8) is 0 Å². The summed E-state index contributed by atoms with van der Waals surface area (Å²) in [6.45, 7) is 10.0. The summed E-state index contributed by atoms with van der Waals surface area (Å²) in [5, 5.41) is 41.9. The number of Topliss-reactive ketones (excluding diaryl/α,β-unsaturated/α-hetero) is 4. The van der Waals surface area contributed by atoms with Gasteiger partial charge in [-0.1, -0.05) is 13.0 Å². The summed E-state index contributed by atoms with van der Waals surface area (Å²) in [7, 11) is 2.92. The first-order valence-electron chi connectivity index (χ1n) is 14.7. The summed E-state index contributed by atoms with van der Waals surface area (Å²) in [5.74, 6) is -13.3. The number of primary amides is 1. The Hall–Kier alpha value is -3.19. The van der Waals surface area contributed by atoms with Gasteiger partial charge >= 0.3 is 0 Å². The Morgan fingerprint density at radius 2 is 1.63 bits per heavy atom. The number of nitrogens with two attached hydrogens (primary N) is 1. The summed E-state index contributed by atoms with van der Waals surface area (Å²) >= 11 is 0. The minimum atomic E-state index is -3.02. The van der Waals surface area contributed by atoms with Crippen molar-refractivity contribution in [2.45, 2.75) is 88.2 Å². The maximum atomic E-state index is 14.1. The Balaban J connectivity index is 1.59. The van der Waals surface area contributed by atoms with E-state index in [1.807, 2.05) is 0 Å². The van der Waals surface area contributed by atoms with Gasteiger partial charge in [-0.2, -0.15) is 0 Å². The molecule has 2 unspecified atom stereocenters. The van der Waals surface area contributed by atoms with Crippen LogP contribution in [0.3, 0.4) is 0 Å². The van der Waals surface area contributed by atoms with E-state index in [0.717, 1.165) is 12.8 Å². The average molecular weight is 599 g/mol. The lowest BCUT2D eigenvalue weighted by Gasteiger charge is -2.56. The molecular formula is C31H42N4O8. The molecule has 3 fully saturated rings. The molecule has 234 valence electrons. The fraction of sp³-hybridized carbons (Fsp3) is 0.645. The molecule has 1 saturated heterocycles. The Morgan fingerprint density at radius 3 is 2.16 bits per heavy atom. The number of phenolic OH excluding ortho intramolecular Hbond substituents is 1. The highest BCUT2D eigenvalue weighted by atomic mass is 16.3. The van der Waals surface area contributed by atoms with E-state index in [9.17, 15) is 39.3 Å². The van der Waals surface area contributed by atoms with Gasteiger partial charge < -0.3 is 31.7 Å². The van der Waals surface area contributed by atoms with Gasteiger partial charge in [0, 0.05) is 23.0 Å². The zero-order valence-electron chi connectivity index (χ0n) is 25.6. The zero-order valence-corrected chi connectivity index (χ0v) is 25.6. The number of benzene rings is 1. The lowest BCUT2D eigenvalue weighted by molar-refractivity contribution is -0.196. The monoisotopic (exact) mass is 598 g/mol. The number of amides is 1. The number of ketones is 4. The van der Waals surface area contributed by atoms with Gasteiger partial charge in [-0.25, -0.2) is 0 Å². The molecule has 1 aromatic rings. The maximum Gasteiger partial charge on any atom is 0.235 e. The molecule has 0 aromatic heterocycles. The van der Waals surface area contributed by atoms with Crippen molar-refractivity contribution in [1.82, 2.24) is 10.2 Å². The number of aliphatic hydroxyl groups is 2. The van der Waals surface area contributed by atoms with Crippen molar-refractivity contribution in [2.75, 3.05) is 19.4 Å². The molecule has 1 heterocycles. The lowest BCUT2D eigenvalue weighted by atomic mass is 9.49. The second-order valence-electron chi connectivity index (χ2n) is 14.4. The summed E-state index contributed by atoms with van der Waals surface area (Å²) < 4.78 is 0. The van der Waals surface area contributed by atoms with Gasteiger partial charge in [0.15, 0.2) is 34.7 Å². The Bertz CT molecular complexity index is 1420. The van der Waals surface area contributed by atoms with E-state index in [1.54, 1.807) is 19.1 Å². The van der Waals surface area contributed by atoms with Crippen molar-refractivity contribution < 1.29 is 39.3 Å². The average Bonchev–Trinajstić information content (AvgIpc) is 2.85. The van der Waals surface area contributed by atoms with Gasteiger partial charge in [-0.3, -0.25) is 28.9 Å². The van der Waals surface area contributed by atoms with Crippen LogP contribution in [0.1, 0.15) is 69.3 Å². The molecular weight excluding hydrogens is 556 g/mol. The first-order valence-corrected chi connectivity index (χ1v) is 14.7. The van der Waals surface area contributed by atoms with Crippen molar-refractivity contribution in [2.24, 2.45) is 29.4 Å².